The molecule has 0 spiro atoms. The molecule has 0 bridgehead atoms. The summed E-state index contributed by atoms with van der Waals surface area (Å²) in [7, 11) is 2.09. The zero-order valence-electron chi connectivity index (χ0n) is 15.5. The van der Waals surface area contributed by atoms with Gasteiger partial charge in [0.05, 0.1) is 13.2 Å². The van der Waals surface area contributed by atoms with Gasteiger partial charge in [0.1, 0.15) is 0 Å². The summed E-state index contributed by atoms with van der Waals surface area (Å²) in [6, 6.07) is 8.34. The van der Waals surface area contributed by atoms with Crippen LogP contribution in [0.4, 0.5) is 0 Å². The van der Waals surface area contributed by atoms with Crippen molar-refractivity contribution in [3.8, 4) is 0 Å². The van der Waals surface area contributed by atoms with Crippen LogP contribution < -0.4 is 5.32 Å². The standard InChI is InChI=1S/C19H31BrN4O/c1-3-21-19(23(2)16-17-8-4-5-9-18(17)20)22-10-6-7-11-24-12-14-25-15-13-24/h4-5,8-9H,3,6-7,10-16H2,1-2H3,(H,21,22). The normalized spacial score (nSPS) is 16.0. The molecule has 5 nitrogen and oxygen atoms in total. The molecule has 25 heavy (non-hydrogen) atoms. The Labute approximate surface area is 160 Å². The van der Waals surface area contributed by atoms with E-state index in [0.29, 0.717) is 0 Å². The van der Waals surface area contributed by atoms with Crippen molar-refractivity contribution < 1.29 is 4.74 Å². The Morgan fingerprint density at radius 3 is 2.76 bits per heavy atom. The van der Waals surface area contributed by atoms with Crippen LogP contribution in [0.25, 0.3) is 0 Å². The van der Waals surface area contributed by atoms with Gasteiger partial charge in [0.2, 0.25) is 0 Å². The van der Waals surface area contributed by atoms with Gasteiger partial charge in [-0.05, 0) is 37.9 Å². The Hall–Kier alpha value is -1.11. The lowest BCUT2D eigenvalue weighted by atomic mass is 10.2. The molecule has 6 heteroatoms. The zero-order chi connectivity index (χ0) is 17.9. The first-order chi connectivity index (χ1) is 12.2. The highest BCUT2D eigenvalue weighted by Gasteiger charge is 2.10. The van der Waals surface area contributed by atoms with Crippen molar-refractivity contribution in [3.63, 3.8) is 0 Å². The highest BCUT2D eigenvalue weighted by Crippen LogP contribution is 2.17. The molecule has 1 aliphatic rings. The lowest BCUT2D eigenvalue weighted by Crippen LogP contribution is -2.38. The molecule has 0 radical (unpaired) electrons. The quantitative estimate of drug-likeness (QED) is 0.406. The summed E-state index contributed by atoms with van der Waals surface area (Å²) in [5.41, 5.74) is 1.27. The average molecular weight is 411 g/mol. The van der Waals surface area contributed by atoms with Crippen molar-refractivity contribution in [2.75, 3.05) is 53.0 Å². The molecule has 0 unspecified atom stereocenters. The largest absolute Gasteiger partial charge is 0.379 e. The molecule has 1 N–H and O–H groups in total. The van der Waals surface area contributed by atoms with Gasteiger partial charge in [0.25, 0.3) is 0 Å². The molecule has 0 saturated carbocycles. The van der Waals surface area contributed by atoms with Gasteiger partial charge in [-0.25, -0.2) is 0 Å². The van der Waals surface area contributed by atoms with Gasteiger partial charge < -0.3 is 15.0 Å². The maximum Gasteiger partial charge on any atom is 0.193 e. The van der Waals surface area contributed by atoms with Crippen LogP contribution >= 0.6 is 15.9 Å². The predicted octanol–water partition coefficient (Wildman–Crippen LogP) is 2.96. The molecule has 1 saturated heterocycles. The molecule has 2 rings (SSSR count). The monoisotopic (exact) mass is 410 g/mol. The summed E-state index contributed by atoms with van der Waals surface area (Å²) < 4.78 is 6.53. The van der Waals surface area contributed by atoms with Crippen LogP contribution in [-0.4, -0.2) is 68.7 Å². The van der Waals surface area contributed by atoms with E-state index < -0.39 is 0 Å². The van der Waals surface area contributed by atoms with E-state index >= 15 is 0 Å². The third kappa shape index (κ3) is 7.34. The smallest absolute Gasteiger partial charge is 0.193 e. The Balaban J connectivity index is 1.77. The van der Waals surface area contributed by atoms with E-state index in [4.69, 9.17) is 9.73 Å². The first kappa shape index (κ1) is 20.2. The summed E-state index contributed by atoms with van der Waals surface area (Å²) in [5, 5.41) is 3.40. The summed E-state index contributed by atoms with van der Waals surface area (Å²) >= 11 is 3.62. The maximum atomic E-state index is 5.39. The van der Waals surface area contributed by atoms with Crippen LogP contribution in [0.3, 0.4) is 0 Å². The number of nitrogens with one attached hydrogen (secondary N) is 1. The molecule has 1 aromatic rings. The molecule has 0 aliphatic carbocycles. The fraction of sp³-hybridized carbons (Fsp3) is 0.632. The van der Waals surface area contributed by atoms with E-state index in [1.165, 1.54) is 12.0 Å². The second kappa shape index (κ2) is 11.5. The zero-order valence-corrected chi connectivity index (χ0v) is 17.1. The Bertz CT molecular complexity index is 532. The van der Waals surface area contributed by atoms with Crippen molar-refractivity contribution in [2.24, 2.45) is 4.99 Å². The van der Waals surface area contributed by atoms with E-state index in [1.807, 2.05) is 6.07 Å². The summed E-state index contributed by atoms with van der Waals surface area (Å²) in [5.74, 6) is 0.977. The minimum Gasteiger partial charge on any atom is -0.379 e. The number of guanidine groups is 1. The Morgan fingerprint density at radius 1 is 1.28 bits per heavy atom. The second-order valence-electron chi connectivity index (χ2n) is 6.34. The van der Waals surface area contributed by atoms with E-state index in [0.717, 1.165) is 69.3 Å². The number of halogens is 1. The number of rotatable bonds is 8. The van der Waals surface area contributed by atoms with Crippen molar-refractivity contribution in [1.29, 1.82) is 0 Å². The minimum atomic E-state index is 0.834. The number of aliphatic imine (C=N–C) groups is 1. The molecule has 1 aromatic carbocycles. The molecule has 0 aromatic heterocycles. The van der Waals surface area contributed by atoms with Crippen molar-refractivity contribution in [3.05, 3.63) is 34.3 Å². The molecule has 1 aliphatic heterocycles. The van der Waals surface area contributed by atoms with Crippen molar-refractivity contribution in [2.45, 2.75) is 26.3 Å². The number of benzene rings is 1. The summed E-state index contributed by atoms with van der Waals surface area (Å²) in [4.78, 5) is 9.46. The molecule has 140 valence electrons. The first-order valence-electron chi connectivity index (χ1n) is 9.23. The third-order valence-corrected chi connectivity index (χ3v) is 5.08. The Morgan fingerprint density at radius 2 is 2.04 bits per heavy atom. The molecule has 1 heterocycles. The van der Waals surface area contributed by atoms with Gasteiger partial charge in [-0.15, -0.1) is 0 Å². The van der Waals surface area contributed by atoms with E-state index in [9.17, 15) is 0 Å². The van der Waals surface area contributed by atoms with Gasteiger partial charge in [-0.3, -0.25) is 9.89 Å². The number of ether oxygens (including phenoxy) is 1. The van der Waals surface area contributed by atoms with Gasteiger partial charge >= 0.3 is 0 Å². The van der Waals surface area contributed by atoms with Crippen LogP contribution in [0, 0.1) is 0 Å². The van der Waals surface area contributed by atoms with Crippen LogP contribution in [0.2, 0.25) is 0 Å². The SMILES string of the molecule is CCNC(=NCCCCN1CCOCC1)N(C)Cc1ccccc1Br. The van der Waals surface area contributed by atoms with Gasteiger partial charge in [0.15, 0.2) is 5.96 Å². The molecule has 0 atom stereocenters. The number of nitrogens with zero attached hydrogens (tertiary/aromatic N) is 3. The number of hydrogen-bond donors (Lipinski definition) is 1. The predicted molar refractivity (Wildman–Crippen MR) is 108 cm³/mol. The van der Waals surface area contributed by atoms with Gasteiger partial charge in [-0.2, -0.15) is 0 Å². The fourth-order valence-electron chi connectivity index (χ4n) is 2.88. The van der Waals surface area contributed by atoms with Gasteiger partial charge in [-0.1, -0.05) is 34.1 Å². The number of morpholine rings is 1. The van der Waals surface area contributed by atoms with E-state index in [-0.39, 0.29) is 0 Å². The second-order valence-corrected chi connectivity index (χ2v) is 7.20. The number of hydrogen-bond acceptors (Lipinski definition) is 3. The topological polar surface area (TPSA) is 40.1 Å². The highest BCUT2D eigenvalue weighted by atomic mass is 79.9. The maximum absolute atomic E-state index is 5.39. The van der Waals surface area contributed by atoms with Crippen molar-refractivity contribution >= 4 is 21.9 Å². The van der Waals surface area contributed by atoms with E-state index in [2.05, 4.69) is 63.2 Å². The third-order valence-electron chi connectivity index (χ3n) is 4.31. The van der Waals surface area contributed by atoms with Crippen molar-refractivity contribution in [1.82, 2.24) is 15.1 Å². The Kier molecular flexibility index (Phi) is 9.29. The lowest BCUT2D eigenvalue weighted by Gasteiger charge is -2.26. The first-order valence-corrected chi connectivity index (χ1v) is 10.0. The molecule has 0 amide bonds. The fourth-order valence-corrected chi connectivity index (χ4v) is 3.29. The number of unbranched alkanes of at least 4 members (excludes halogenated alkanes) is 1. The van der Waals surface area contributed by atoms with Crippen LogP contribution in [0.1, 0.15) is 25.3 Å². The average Bonchev–Trinajstić information content (AvgIpc) is 2.63. The van der Waals surface area contributed by atoms with Crippen LogP contribution in [0.15, 0.2) is 33.7 Å². The van der Waals surface area contributed by atoms with Crippen LogP contribution in [-0.2, 0) is 11.3 Å². The molecule has 1 fully saturated rings. The lowest BCUT2D eigenvalue weighted by molar-refractivity contribution is 0.0373. The molecular formula is C19H31BrN4O. The van der Waals surface area contributed by atoms with Crippen LogP contribution in [0.5, 0.6) is 0 Å². The molecular weight excluding hydrogens is 380 g/mol. The highest BCUT2D eigenvalue weighted by molar-refractivity contribution is 9.10. The summed E-state index contributed by atoms with van der Waals surface area (Å²) in [6.45, 7) is 9.75. The van der Waals surface area contributed by atoms with Gasteiger partial charge in [0, 0.05) is 44.2 Å². The minimum absolute atomic E-state index is 0.834. The summed E-state index contributed by atoms with van der Waals surface area (Å²) in [6.07, 6.45) is 2.31. The van der Waals surface area contributed by atoms with E-state index in [1.54, 1.807) is 0 Å².